The summed E-state index contributed by atoms with van der Waals surface area (Å²) in [5.74, 6) is -3.02. The second-order valence-electron chi connectivity index (χ2n) is 16.9. The topological polar surface area (TPSA) is 150 Å². The molecule has 2 aliphatic carbocycles. The van der Waals surface area contributed by atoms with Crippen LogP contribution < -0.4 is 38.2 Å². The molecule has 5 aromatic rings. The van der Waals surface area contributed by atoms with Gasteiger partial charge in [-0.2, -0.15) is 0 Å². The van der Waals surface area contributed by atoms with Crippen molar-refractivity contribution < 1.29 is 52.7 Å². The van der Waals surface area contributed by atoms with E-state index in [2.05, 4.69) is 0 Å². The lowest BCUT2D eigenvalue weighted by Crippen LogP contribution is -2.43. The number of phenolic OH excluding ortho intramolecular Hbond substituents is 1. The summed E-state index contributed by atoms with van der Waals surface area (Å²) in [7, 11) is 9.24. The van der Waals surface area contributed by atoms with Crippen LogP contribution in [0.1, 0.15) is 46.6 Å². The first-order chi connectivity index (χ1) is 32.5. The fourth-order valence-electron chi connectivity index (χ4n) is 10.3. The molecule has 5 aromatic carbocycles. The van der Waals surface area contributed by atoms with Crippen molar-refractivity contribution in [2.24, 2.45) is 29.6 Å². The molecule has 0 bridgehead atoms. The quantitative estimate of drug-likeness (QED) is 0.0686. The maximum Gasteiger partial charge on any atom is 0.238 e. The van der Waals surface area contributed by atoms with Crippen LogP contribution in [0, 0.1) is 29.6 Å². The number of hydrogen-bond acceptors (Lipinski definition) is 11. The molecule has 4 aliphatic rings. The highest BCUT2D eigenvalue weighted by atomic mass is 16.5. The van der Waals surface area contributed by atoms with Gasteiger partial charge in [0.1, 0.15) is 23.0 Å². The Morgan fingerprint density at radius 3 is 1.42 bits per heavy atom. The third kappa shape index (κ3) is 7.83. The number of hydrogen-bond donors (Lipinski definition) is 1. The van der Waals surface area contributed by atoms with E-state index >= 15 is 0 Å². The monoisotopic (exact) mass is 902 g/mol. The maximum atomic E-state index is 14.9. The summed E-state index contributed by atoms with van der Waals surface area (Å²) in [5, 5.41) is 10.9. The average Bonchev–Trinajstić information content (AvgIpc) is 3.77. The SMILES string of the molecule is COc1ccc(OC)c(C=Cc2ccc(N3C(=O)C4CC=C5C(CC6C(=O)N(c7ccc(C=Cc8cc(OC)ccc8OC)cc7)C(=O)C6C5c5cc(OC)c(O)c(OC)c5)C4C3=O)cc2)c1. The predicted molar refractivity (Wildman–Crippen MR) is 254 cm³/mol. The second-order valence-corrected chi connectivity index (χ2v) is 16.9. The third-order valence-electron chi connectivity index (χ3n) is 13.6. The first-order valence-corrected chi connectivity index (χ1v) is 21.9. The number of amides is 4. The minimum atomic E-state index is -0.855. The molecule has 0 aromatic heterocycles. The lowest BCUT2D eigenvalue weighted by molar-refractivity contribution is -0.126. The Balaban J connectivity index is 1.03. The molecule has 9 rings (SSSR count). The Bertz CT molecular complexity index is 2840. The lowest BCUT2D eigenvalue weighted by atomic mass is 9.57. The molecule has 1 saturated carbocycles. The molecule has 67 heavy (non-hydrogen) atoms. The van der Waals surface area contributed by atoms with Gasteiger partial charge in [0, 0.05) is 17.0 Å². The molecule has 0 spiro atoms. The number of methoxy groups -OCH3 is 6. The number of fused-ring (bicyclic) bond motifs is 4. The number of phenols is 1. The predicted octanol–water partition coefficient (Wildman–Crippen LogP) is 8.83. The van der Waals surface area contributed by atoms with Gasteiger partial charge in [-0.1, -0.05) is 60.2 Å². The number of carbonyl (C=O) groups is 4. The number of imide groups is 2. The molecule has 342 valence electrons. The van der Waals surface area contributed by atoms with Crippen molar-refractivity contribution >= 4 is 59.3 Å². The molecule has 6 unspecified atom stereocenters. The zero-order valence-corrected chi connectivity index (χ0v) is 37.9. The number of allylic oxidation sites excluding steroid dienone is 2. The van der Waals surface area contributed by atoms with Crippen molar-refractivity contribution in [2.75, 3.05) is 52.5 Å². The van der Waals surface area contributed by atoms with E-state index in [1.165, 1.54) is 24.0 Å². The molecule has 1 N–H and O–H groups in total. The standard InChI is InChI=1S/C54H50N2O11/c1-62-37-19-23-43(64-3)32(25-37)13-7-30-9-15-35(16-10-30)55-51(58)40-22-21-39-41(48(40)53(55)60)29-42-49(47(39)34-27-45(66-5)50(57)46(28-34)67-6)54(61)56(52(42)59)36-17-11-31(12-18-36)8-14-33-26-38(63-2)20-24-44(33)65-4/h7-21,23-28,40-42,47-49,57H,22,29H2,1-6H3. The molecule has 13 heteroatoms. The van der Waals surface area contributed by atoms with Gasteiger partial charge in [-0.3, -0.25) is 29.0 Å². The van der Waals surface area contributed by atoms with E-state index in [1.807, 2.05) is 91.0 Å². The van der Waals surface area contributed by atoms with Gasteiger partial charge in [0.05, 0.1) is 77.7 Å². The molecule has 3 fully saturated rings. The van der Waals surface area contributed by atoms with E-state index in [4.69, 9.17) is 28.4 Å². The Hall–Kier alpha value is -7.80. The summed E-state index contributed by atoms with van der Waals surface area (Å²) in [4.78, 5) is 61.3. The van der Waals surface area contributed by atoms with Crippen LogP contribution in [0.15, 0.2) is 109 Å². The van der Waals surface area contributed by atoms with Gasteiger partial charge in [0.25, 0.3) is 0 Å². The third-order valence-corrected chi connectivity index (χ3v) is 13.6. The van der Waals surface area contributed by atoms with Gasteiger partial charge < -0.3 is 33.5 Å². The second kappa shape index (κ2) is 18.2. The van der Waals surface area contributed by atoms with Gasteiger partial charge >= 0.3 is 0 Å². The van der Waals surface area contributed by atoms with E-state index < -0.39 is 35.5 Å². The summed E-state index contributed by atoms with van der Waals surface area (Å²) < 4.78 is 33.0. The van der Waals surface area contributed by atoms with Gasteiger partial charge in [0.15, 0.2) is 11.5 Å². The van der Waals surface area contributed by atoms with Crippen LogP contribution in [0.25, 0.3) is 24.3 Å². The highest BCUT2D eigenvalue weighted by Crippen LogP contribution is 2.59. The molecule has 2 aliphatic heterocycles. The first kappa shape index (κ1) is 44.4. The molecular weight excluding hydrogens is 853 g/mol. The lowest BCUT2D eigenvalue weighted by Gasteiger charge is -2.44. The van der Waals surface area contributed by atoms with Crippen molar-refractivity contribution in [3.05, 3.63) is 137 Å². The minimum Gasteiger partial charge on any atom is -0.502 e. The summed E-state index contributed by atoms with van der Waals surface area (Å²) >= 11 is 0. The summed E-state index contributed by atoms with van der Waals surface area (Å²) in [6.45, 7) is 0. The maximum absolute atomic E-state index is 14.9. The van der Waals surface area contributed by atoms with Crippen LogP contribution >= 0.6 is 0 Å². The number of carbonyl (C=O) groups excluding carboxylic acids is 4. The average molecular weight is 903 g/mol. The van der Waals surface area contributed by atoms with Crippen LogP contribution in [0.2, 0.25) is 0 Å². The van der Waals surface area contributed by atoms with Gasteiger partial charge in [-0.25, -0.2) is 0 Å². The molecule has 2 saturated heterocycles. The van der Waals surface area contributed by atoms with Crippen molar-refractivity contribution in [3.8, 4) is 40.2 Å². The van der Waals surface area contributed by atoms with E-state index in [0.717, 1.165) is 27.8 Å². The van der Waals surface area contributed by atoms with Crippen molar-refractivity contribution in [1.82, 2.24) is 0 Å². The van der Waals surface area contributed by atoms with Gasteiger partial charge in [-0.15, -0.1) is 0 Å². The number of rotatable bonds is 13. The van der Waals surface area contributed by atoms with Crippen molar-refractivity contribution in [1.29, 1.82) is 0 Å². The largest absolute Gasteiger partial charge is 0.502 e. The van der Waals surface area contributed by atoms with E-state index in [-0.39, 0.29) is 53.7 Å². The van der Waals surface area contributed by atoms with Crippen LogP contribution in [-0.4, -0.2) is 71.4 Å². The fraction of sp³-hybridized carbons (Fsp3) is 0.259. The van der Waals surface area contributed by atoms with Crippen LogP contribution in [0.5, 0.6) is 40.2 Å². The number of aromatic hydroxyl groups is 1. The Morgan fingerprint density at radius 1 is 0.493 bits per heavy atom. The fourth-order valence-corrected chi connectivity index (χ4v) is 10.3. The molecular formula is C54H50N2O11. The van der Waals surface area contributed by atoms with E-state index in [9.17, 15) is 24.3 Å². The Morgan fingerprint density at radius 2 is 0.955 bits per heavy atom. The Labute approximate surface area is 388 Å². The van der Waals surface area contributed by atoms with E-state index in [1.54, 1.807) is 64.8 Å². The molecule has 2 heterocycles. The summed E-state index contributed by atoms with van der Waals surface area (Å²) in [5.41, 5.74) is 5.52. The van der Waals surface area contributed by atoms with Crippen LogP contribution in [-0.2, 0) is 19.2 Å². The summed E-state index contributed by atoms with van der Waals surface area (Å²) in [6, 6.07) is 28.7. The number of ether oxygens (including phenoxy) is 6. The van der Waals surface area contributed by atoms with Gasteiger partial charge in [-0.05, 0) is 108 Å². The number of nitrogens with zero attached hydrogens (tertiary/aromatic N) is 2. The zero-order chi connectivity index (χ0) is 47.1. The highest BCUT2D eigenvalue weighted by molar-refractivity contribution is 6.24. The zero-order valence-electron chi connectivity index (χ0n) is 37.9. The highest BCUT2D eigenvalue weighted by Gasteiger charge is 2.62. The molecule has 13 nitrogen and oxygen atoms in total. The molecule has 6 atom stereocenters. The summed E-state index contributed by atoms with van der Waals surface area (Å²) in [6.07, 6.45) is 10.1. The molecule has 4 amide bonds. The van der Waals surface area contributed by atoms with E-state index in [0.29, 0.717) is 39.9 Å². The smallest absolute Gasteiger partial charge is 0.238 e. The van der Waals surface area contributed by atoms with Gasteiger partial charge in [0.2, 0.25) is 29.4 Å². The van der Waals surface area contributed by atoms with Crippen molar-refractivity contribution in [3.63, 3.8) is 0 Å². The van der Waals surface area contributed by atoms with Crippen LogP contribution in [0.4, 0.5) is 11.4 Å². The van der Waals surface area contributed by atoms with Crippen LogP contribution in [0.3, 0.4) is 0 Å². The number of benzene rings is 5. The van der Waals surface area contributed by atoms with Crippen molar-refractivity contribution in [2.45, 2.75) is 18.8 Å². The molecule has 0 radical (unpaired) electrons. The normalized spacial score (nSPS) is 22.1. The Kier molecular flexibility index (Phi) is 12.1. The number of anilines is 2. The minimum absolute atomic E-state index is 0.130. The first-order valence-electron chi connectivity index (χ1n) is 21.9.